The van der Waals surface area contributed by atoms with Crippen LogP contribution in [0.1, 0.15) is 11.1 Å². The summed E-state index contributed by atoms with van der Waals surface area (Å²) in [7, 11) is 0. The molecule has 0 fully saturated rings. The van der Waals surface area contributed by atoms with E-state index >= 15 is 0 Å². The Kier molecular flexibility index (Phi) is 3.92. The van der Waals surface area contributed by atoms with Crippen molar-refractivity contribution in [2.45, 2.75) is 19.6 Å². The molecule has 0 unspecified atom stereocenters. The molecule has 1 aromatic heterocycles. The van der Waals surface area contributed by atoms with Crippen molar-refractivity contribution in [1.29, 1.82) is 0 Å². The second kappa shape index (κ2) is 6.22. The number of nitrogens with zero attached hydrogens (tertiary/aromatic N) is 5. The number of halogens is 1. The highest BCUT2D eigenvalue weighted by atomic mass is 35.5. The van der Waals surface area contributed by atoms with E-state index in [1.54, 1.807) is 12.1 Å². The smallest absolute Gasteiger partial charge is 0.280 e. The van der Waals surface area contributed by atoms with E-state index in [4.69, 9.17) is 11.6 Å². The lowest BCUT2D eigenvalue weighted by molar-refractivity contribution is 0.185. The summed E-state index contributed by atoms with van der Waals surface area (Å²) in [5, 5.41) is 8.43. The summed E-state index contributed by atoms with van der Waals surface area (Å²) in [6.45, 7) is 2.11. The molecule has 1 aliphatic heterocycles. The van der Waals surface area contributed by atoms with E-state index in [0.717, 1.165) is 19.5 Å². The fraction of sp³-hybridized carbons (Fsp3) is 0.235. The van der Waals surface area contributed by atoms with Gasteiger partial charge in [-0.15, -0.1) is 0 Å². The van der Waals surface area contributed by atoms with Crippen molar-refractivity contribution in [2.24, 2.45) is 0 Å². The minimum atomic E-state index is -0.290. The van der Waals surface area contributed by atoms with Crippen LogP contribution in [0.25, 0.3) is 5.69 Å². The van der Waals surface area contributed by atoms with Crippen molar-refractivity contribution in [1.82, 2.24) is 24.7 Å². The SMILES string of the molecule is O=c1n(CN2CCc3ccccc3C2)nnn1-c1ccccc1Cl. The molecule has 7 heteroatoms. The second-order valence-electron chi connectivity index (χ2n) is 5.84. The average Bonchev–Trinajstić information content (AvgIpc) is 2.96. The zero-order valence-electron chi connectivity index (χ0n) is 13.0. The van der Waals surface area contributed by atoms with Crippen LogP contribution in [0.15, 0.2) is 53.3 Å². The standard InChI is InChI=1S/C17H16ClN5O/c18-15-7-3-4-8-16(15)23-17(24)22(19-20-23)12-21-10-9-13-5-1-2-6-14(13)11-21/h1-8H,9-12H2. The third-order valence-electron chi connectivity index (χ3n) is 4.26. The Balaban J connectivity index is 1.57. The van der Waals surface area contributed by atoms with E-state index in [1.165, 1.54) is 20.5 Å². The summed E-state index contributed by atoms with van der Waals surface area (Å²) in [5.41, 5.74) is 2.93. The largest absolute Gasteiger partial charge is 0.369 e. The van der Waals surface area contributed by atoms with Crippen LogP contribution in [0.2, 0.25) is 5.02 Å². The van der Waals surface area contributed by atoms with E-state index in [2.05, 4.69) is 33.5 Å². The molecule has 0 aliphatic carbocycles. The molecule has 24 heavy (non-hydrogen) atoms. The van der Waals surface area contributed by atoms with Crippen LogP contribution >= 0.6 is 11.6 Å². The summed E-state index contributed by atoms with van der Waals surface area (Å²) < 4.78 is 2.61. The maximum absolute atomic E-state index is 12.6. The minimum Gasteiger partial charge on any atom is -0.280 e. The monoisotopic (exact) mass is 341 g/mol. The van der Waals surface area contributed by atoms with Gasteiger partial charge < -0.3 is 0 Å². The zero-order chi connectivity index (χ0) is 16.5. The maximum atomic E-state index is 12.6. The fourth-order valence-corrected chi connectivity index (χ4v) is 3.22. The molecule has 0 bridgehead atoms. The molecule has 0 saturated heterocycles. The molecule has 122 valence electrons. The molecule has 0 radical (unpaired) electrons. The number of hydrogen-bond donors (Lipinski definition) is 0. The quantitative estimate of drug-likeness (QED) is 0.732. The van der Waals surface area contributed by atoms with Crippen LogP contribution in [0, 0.1) is 0 Å². The molecule has 0 N–H and O–H groups in total. The lowest BCUT2D eigenvalue weighted by Gasteiger charge is -2.27. The number of rotatable bonds is 3. The van der Waals surface area contributed by atoms with Gasteiger partial charge in [0.15, 0.2) is 0 Å². The van der Waals surface area contributed by atoms with Crippen LogP contribution in [-0.2, 0) is 19.6 Å². The molecule has 0 amide bonds. The molecule has 0 spiro atoms. The van der Waals surface area contributed by atoms with Crippen LogP contribution in [-0.4, -0.2) is 31.2 Å². The summed E-state index contributed by atoms with van der Waals surface area (Å²) >= 11 is 6.14. The first-order valence-electron chi connectivity index (χ1n) is 7.79. The molecule has 3 aromatic rings. The molecular weight excluding hydrogens is 326 g/mol. The summed E-state index contributed by atoms with van der Waals surface area (Å²) in [5.74, 6) is 0. The van der Waals surface area contributed by atoms with Crippen molar-refractivity contribution < 1.29 is 0 Å². The van der Waals surface area contributed by atoms with Crippen LogP contribution in [0.5, 0.6) is 0 Å². The van der Waals surface area contributed by atoms with Gasteiger partial charge >= 0.3 is 5.69 Å². The minimum absolute atomic E-state index is 0.290. The number of benzene rings is 2. The Bertz CT molecular complexity index is 932. The van der Waals surface area contributed by atoms with Crippen LogP contribution < -0.4 is 5.69 Å². The normalized spacial score (nSPS) is 14.5. The van der Waals surface area contributed by atoms with Gasteiger partial charge in [-0.2, -0.15) is 9.36 Å². The molecular formula is C17H16ClN5O. The van der Waals surface area contributed by atoms with Crippen LogP contribution in [0.4, 0.5) is 0 Å². The van der Waals surface area contributed by atoms with E-state index in [1.807, 2.05) is 18.2 Å². The van der Waals surface area contributed by atoms with E-state index < -0.39 is 0 Å². The Morgan fingerprint density at radius 1 is 1.00 bits per heavy atom. The fourth-order valence-electron chi connectivity index (χ4n) is 3.00. The maximum Gasteiger partial charge on any atom is 0.369 e. The second-order valence-corrected chi connectivity index (χ2v) is 6.24. The van der Waals surface area contributed by atoms with Crippen molar-refractivity contribution >= 4 is 11.6 Å². The van der Waals surface area contributed by atoms with E-state index in [-0.39, 0.29) is 5.69 Å². The highest BCUT2D eigenvalue weighted by molar-refractivity contribution is 6.32. The van der Waals surface area contributed by atoms with Crippen molar-refractivity contribution in [3.63, 3.8) is 0 Å². The van der Waals surface area contributed by atoms with Gasteiger partial charge in [-0.3, -0.25) is 4.90 Å². The third-order valence-corrected chi connectivity index (χ3v) is 4.58. The summed E-state index contributed by atoms with van der Waals surface area (Å²) in [6.07, 6.45) is 0.976. The molecule has 4 rings (SSSR count). The molecule has 0 saturated carbocycles. The Morgan fingerprint density at radius 3 is 2.58 bits per heavy atom. The molecule has 0 atom stereocenters. The number of aromatic nitrogens is 4. The van der Waals surface area contributed by atoms with Crippen LogP contribution in [0.3, 0.4) is 0 Å². The van der Waals surface area contributed by atoms with Gasteiger partial charge in [0, 0.05) is 13.1 Å². The zero-order valence-corrected chi connectivity index (χ0v) is 13.7. The number of para-hydroxylation sites is 1. The predicted octanol–water partition coefficient (Wildman–Crippen LogP) is 2.10. The Labute approximate surface area is 143 Å². The van der Waals surface area contributed by atoms with Gasteiger partial charge in [-0.1, -0.05) is 48.0 Å². The number of hydrogen-bond acceptors (Lipinski definition) is 4. The van der Waals surface area contributed by atoms with Gasteiger partial charge in [0.25, 0.3) is 0 Å². The summed E-state index contributed by atoms with van der Waals surface area (Å²) in [6, 6.07) is 15.5. The predicted molar refractivity (Wildman–Crippen MR) is 91.2 cm³/mol. The van der Waals surface area contributed by atoms with Gasteiger partial charge in [0.2, 0.25) is 0 Å². The first-order chi connectivity index (χ1) is 11.7. The van der Waals surface area contributed by atoms with Gasteiger partial charge in [0.1, 0.15) is 6.67 Å². The highest BCUT2D eigenvalue weighted by Gasteiger charge is 2.18. The van der Waals surface area contributed by atoms with E-state index in [0.29, 0.717) is 17.4 Å². The lowest BCUT2D eigenvalue weighted by atomic mass is 10.0. The third kappa shape index (κ3) is 2.74. The lowest BCUT2D eigenvalue weighted by Crippen LogP contribution is -2.36. The van der Waals surface area contributed by atoms with Crippen molar-refractivity contribution in [3.05, 3.63) is 75.2 Å². The van der Waals surface area contributed by atoms with Gasteiger partial charge in [0.05, 0.1) is 10.7 Å². The van der Waals surface area contributed by atoms with Crippen molar-refractivity contribution in [2.75, 3.05) is 6.54 Å². The topological polar surface area (TPSA) is 56.0 Å². The summed E-state index contributed by atoms with van der Waals surface area (Å²) in [4.78, 5) is 14.7. The van der Waals surface area contributed by atoms with Gasteiger partial charge in [-0.05, 0) is 40.1 Å². The van der Waals surface area contributed by atoms with Crippen molar-refractivity contribution in [3.8, 4) is 5.69 Å². The Hall–Kier alpha value is -2.44. The first kappa shape index (κ1) is 15.1. The first-order valence-corrected chi connectivity index (χ1v) is 8.17. The van der Waals surface area contributed by atoms with Gasteiger partial charge in [-0.25, -0.2) is 4.79 Å². The molecule has 1 aliphatic rings. The average molecular weight is 342 g/mol. The van der Waals surface area contributed by atoms with E-state index in [9.17, 15) is 4.79 Å². The highest BCUT2D eigenvalue weighted by Crippen LogP contribution is 2.19. The molecule has 6 nitrogen and oxygen atoms in total. The molecule has 2 aromatic carbocycles. The number of tetrazole rings is 1. The Morgan fingerprint density at radius 2 is 1.75 bits per heavy atom. The number of fused-ring (bicyclic) bond motifs is 1. The molecule has 2 heterocycles.